The molecule has 1 unspecified atom stereocenters. The Morgan fingerprint density at radius 1 is 1.56 bits per heavy atom. The smallest absolute Gasteiger partial charge is 0.246 e. The van der Waals surface area contributed by atoms with Crippen LogP contribution in [0.1, 0.15) is 26.7 Å². The molecule has 5 nitrogen and oxygen atoms in total. The molecule has 2 aliphatic rings. The van der Waals surface area contributed by atoms with Crippen molar-refractivity contribution in [2.45, 2.75) is 38.3 Å². The van der Waals surface area contributed by atoms with Crippen molar-refractivity contribution in [3.8, 4) is 0 Å². The molecule has 0 aromatic rings. The number of carbonyl (C=O) groups excluding carboxylic acids is 1. The summed E-state index contributed by atoms with van der Waals surface area (Å²) in [6, 6.07) is 0.294. The van der Waals surface area contributed by atoms with Gasteiger partial charge in [0.15, 0.2) is 0 Å². The number of nitrogens with zero attached hydrogens (tertiary/aromatic N) is 1. The molecule has 104 valence electrons. The molecule has 1 atom stereocenters. The number of likely N-dealkylation sites (tertiary alicyclic amines) is 1. The van der Waals surface area contributed by atoms with Gasteiger partial charge in [-0.15, -0.1) is 0 Å². The van der Waals surface area contributed by atoms with Crippen LogP contribution in [0.15, 0.2) is 0 Å². The van der Waals surface area contributed by atoms with Gasteiger partial charge < -0.3 is 20.3 Å². The minimum Gasteiger partial charge on any atom is -0.363 e. The normalized spacial score (nSPS) is 27.6. The average Bonchev–Trinajstić information content (AvgIpc) is 2.34. The maximum atomic E-state index is 11.8. The standard InChI is InChI=1S/C13H25N3O2/c1-3-16-6-4-5-11(7-16)15-12(17)8-18-13(2)9-14-10-13/h11,14H,3-10H2,1-2H3,(H,15,17). The molecule has 0 spiro atoms. The molecule has 0 aromatic heterocycles. The fourth-order valence-corrected chi connectivity index (χ4v) is 2.55. The van der Waals surface area contributed by atoms with Crippen LogP contribution in [-0.2, 0) is 9.53 Å². The Balaban J connectivity index is 1.67. The second-order valence-electron chi connectivity index (χ2n) is 5.64. The number of carbonyl (C=O) groups is 1. The second-order valence-corrected chi connectivity index (χ2v) is 5.64. The van der Waals surface area contributed by atoms with Crippen LogP contribution < -0.4 is 10.6 Å². The minimum atomic E-state index is -0.140. The van der Waals surface area contributed by atoms with Gasteiger partial charge in [0.05, 0.1) is 5.60 Å². The van der Waals surface area contributed by atoms with Crippen LogP contribution in [0, 0.1) is 0 Å². The zero-order chi connectivity index (χ0) is 13.0. The molecule has 0 aromatic carbocycles. The maximum Gasteiger partial charge on any atom is 0.246 e. The molecule has 0 aliphatic carbocycles. The predicted molar refractivity (Wildman–Crippen MR) is 70.5 cm³/mol. The van der Waals surface area contributed by atoms with E-state index in [1.54, 1.807) is 0 Å². The molecule has 5 heteroatoms. The number of likely N-dealkylation sites (N-methyl/N-ethyl adjacent to an activating group) is 1. The Morgan fingerprint density at radius 2 is 2.33 bits per heavy atom. The molecule has 2 saturated heterocycles. The highest BCUT2D eigenvalue weighted by molar-refractivity contribution is 5.77. The number of nitrogens with one attached hydrogen (secondary N) is 2. The largest absolute Gasteiger partial charge is 0.363 e. The van der Waals surface area contributed by atoms with Crippen molar-refractivity contribution < 1.29 is 9.53 Å². The summed E-state index contributed by atoms with van der Waals surface area (Å²) in [4.78, 5) is 14.2. The van der Waals surface area contributed by atoms with Crippen LogP contribution in [0.25, 0.3) is 0 Å². The number of ether oxygens (including phenoxy) is 1. The van der Waals surface area contributed by atoms with E-state index in [-0.39, 0.29) is 18.1 Å². The summed E-state index contributed by atoms with van der Waals surface area (Å²) >= 11 is 0. The van der Waals surface area contributed by atoms with Crippen LogP contribution in [0.2, 0.25) is 0 Å². The molecule has 2 N–H and O–H groups in total. The van der Waals surface area contributed by atoms with E-state index >= 15 is 0 Å². The quantitative estimate of drug-likeness (QED) is 0.724. The van der Waals surface area contributed by atoms with Crippen molar-refractivity contribution in [3.05, 3.63) is 0 Å². The average molecular weight is 255 g/mol. The third-order valence-electron chi connectivity index (χ3n) is 3.87. The number of amides is 1. The highest BCUT2D eigenvalue weighted by Crippen LogP contribution is 2.15. The van der Waals surface area contributed by atoms with Gasteiger partial charge in [-0.1, -0.05) is 6.92 Å². The first-order valence-corrected chi connectivity index (χ1v) is 6.98. The van der Waals surface area contributed by atoms with Crippen LogP contribution >= 0.6 is 0 Å². The molecule has 0 saturated carbocycles. The molecular weight excluding hydrogens is 230 g/mol. The van der Waals surface area contributed by atoms with Crippen molar-refractivity contribution in [1.82, 2.24) is 15.5 Å². The van der Waals surface area contributed by atoms with Crippen LogP contribution in [0.4, 0.5) is 0 Å². The zero-order valence-electron chi connectivity index (χ0n) is 11.5. The monoisotopic (exact) mass is 255 g/mol. The van der Waals surface area contributed by atoms with E-state index in [1.165, 1.54) is 6.42 Å². The maximum absolute atomic E-state index is 11.8. The van der Waals surface area contributed by atoms with Gasteiger partial charge in [0.2, 0.25) is 5.91 Å². The lowest BCUT2D eigenvalue weighted by molar-refractivity contribution is -0.136. The number of rotatable bonds is 5. The van der Waals surface area contributed by atoms with Crippen molar-refractivity contribution in [3.63, 3.8) is 0 Å². The summed E-state index contributed by atoms with van der Waals surface area (Å²) in [6.07, 6.45) is 2.25. The lowest BCUT2D eigenvalue weighted by Gasteiger charge is -2.39. The Labute approximate surface area is 109 Å². The molecule has 1 amide bonds. The van der Waals surface area contributed by atoms with Crippen molar-refractivity contribution >= 4 is 5.91 Å². The zero-order valence-corrected chi connectivity index (χ0v) is 11.5. The van der Waals surface area contributed by atoms with E-state index in [4.69, 9.17) is 4.74 Å². The van der Waals surface area contributed by atoms with Crippen LogP contribution in [0.3, 0.4) is 0 Å². The van der Waals surface area contributed by atoms with Gasteiger partial charge in [-0.05, 0) is 32.9 Å². The molecule has 0 radical (unpaired) electrons. The molecule has 18 heavy (non-hydrogen) atoms. The number of hydrogen-bond donors (Lipinski definition) is 2. The van der Waals surface area contributed by atoms with Crippen molar-refractivity contribution in [1.29, 1.82) is 0 Å². The Morgan fingerprint density at radius 3 is 2.94 bits per heavy atom. The van der Waals surface area contributed by atoms with Gasteiger partial charge in [0.1, 0.15) is 6.61 Å². The second kappa shape index (κ2) is 5.99. The lowest BCUT2D eigenvalue weighted by atomic mass is 10.0. The van der Waals surface area contributed by atoms with E-state index in [9.17, 15) is 4.79 Å². The summed E-state index contributed by atoms with van der Waals surface area (Å²) in [5.74, 6) is 0.0195. The molecule has 2 rings (SSSR count). The lowest BCUT2D eigenvalue weighted by Crippen LogP contribution is -2.60. The Kier molecular flexibility index (Phi) is 4.59. The Hall–Kier alpha value is -0.650. The highest BCUT2D eigenvalue weighted by Gasteiger charge is 2.33. The van der Waals surface area contributed by atoms with Gasteiger partial charge >= 0.3 is 0 Å². The van der Waals surface area contributed by atoms with Gasteiger partial charge in [-0.25, -0.2) is 0 Å². The molecule has 2 fully saturated rings. The predicted octanol–water partition coefficient (Wildman–Crippen LogP) is -0.0346. The summed E-state index contributed by atoms with van der Waals surface area (Å²) in [5.41, 5.74) is -0.140. The van der Waals surface area contributed by atoms with E-state index in [1.807, 2.05) is 6.92 Å². The summed E-state index contributed by atoms with van der Waals surface area (Å²) < 4.78 is 5.63. The van der Waals surface area contributed by atoms with E-state index < -0.39 is 0 Å². The van der Waals surface area contributed by atoms with E-state index in [2.05, 4.69) is 22.5 Å². The molecule has 2 aliphatic heterocycles. The fourth-order valence-electron chi connectivity index (χ4n) is 2.55. The summed E-state index contributed by atoms with van der Waals surface area (Å²) in [6.45, 7) is 9.26. The molecular formula is C13H25N3O2. The van der Waals surface area contributed by atoms with Crippen LogP contribution in [0.5, 0.6) is 0 Å². The summed E-state index contributed by atoms with van der Waals surface area (Å²) in [7, 11) is 0. The fraction of sp³-hybridized carbons (Fsp3) is 0.923. The SMILES string of the molecule is CCN1CCCC(NC(=O)COC2(C)CNC2)C1. The molecule has 0 bridgehead atoms. The van der Waals surface area contributed by atoms with Gasteiger partial charge in [-0.2, -0.15) is 0 Å². The summed E-state index contributed by atoms with van der Waals surface area (Å²) in [5, 5.41) is 6.23. The first kappa shape index (κ1) is 13.8. The van der Waals surface area contributed by atoms with Crippen LogP contribution in [-0.4, -0.2) is 61.8 Å². The molecule has 2 heterocycles. The minimum absolute atomic E-state index is 0.0195. The van der Waals surface area contributed by atoms with Gasteiger partial charge in [0.25, 0.3) is 0 Å². The van der Waals surface area contributed by atoms with Gasteiger partial charge in [0, 0.05) is 25.7 Å². The van der Waals surface area contributed by atoms with E-state index in [0.29, 0.717) is 6.04 Å². The third kappa shape index (κ3) is 3.67. The topological polar surface area (TPSA) is 53.6 Å². The highest BCUT2D eigenvalue weighted by atomic mass is 16.5. The number of hydrogen-bond acceptors (Lipinski definition) is 4. The first-order chi connectivity index (χ1) is 8.61. The number of piperidine rings is 1. The van der Waals surface area contributed by atoms with E-state index in [0.717, 1.165) is 39.1 Å². The van der Waals surface area contributed by atoms with Crippen molar-refractivity contribution in [2.24, 2.45) is 0 Å². The van der Waals surface area contributed by atoms with Gasteiger partial charge in [-0.3, -0.25) is 4.79 Å². The van der Waals surface area contributed by atoms with Crippen molar-refractivity contribution in [2.75, 3.05) is 39.3 Å². The Bertz CT molecular complexity index is 292. The first-order valence-electron chi connectivity index (χ1n) is 6.98. The third-order valence-corrected chi connectivity index (χ3v) is 3.87.